The Morgan fingerprint density at radius 3 is 2.48 bits per heavy atom. The Bertz CT molecular complexity index is 1220. The van der Waals surface area contributed by atoms with Gasteiger partial charge in [-0.15, -0.1) is 16.9 Å². The number of carbonyl (C=O) groups is 1. The second-order valence-electron chi connectivity index (χ2n) is 8.05. The molecule has 4 rings (SSSR count). The smallest absolute Gasteiger partial charge is 0.322 e. The first-order valence-corrected chi connectivity index (χ1v) is 13.2. The van der Waals surface area contributed by atoms with E-state index in [2.05, 4.69) is 29.4 Å². The van der Waals surface area contributed by atoms with E-state index < -0.39 is 15.9 Å². The normalized spacial score (nSPS) is 15.0. The molecule has 1 fully saturated rings. The van der Waals surface area contributed by atoms with Gasteiger partial charge in [0.1, 0.15) is 0 Å². The van der Waals surface area contributed by atoms with E-state index in [1.165, 1.54) is 28.6 Å². The number of aromatic nitrogens is 2. The van der Waals surface area contributed by atoms with Gasteiger partial charge >= 0.3 is 6.01 Å². The number of nitrogens with zero attached hydrogens (tertiary/aromatic N) is 3. The van der Waals surface area contributed by atoms with Gasteiger partial charge < -0.3 is 4.42 Å². The van der Waals surface area contributed by atoms with Crippen molar-refractivity contribution < 1.29 is 17.6 Å². The summed E-state index contributed by atoms with van der Waals surface area (Å²) in [5, 5.41) is 11.0. The molecule has 1 aliphatic rings. The minimum Gasteiger partial charge on any atom is -0.403 e. The van der Waals surface area contributed by atoms with E-state index in [0.29, 0.717) is 29.8 Å². The molecule has 2 heterocycles. The van der Waals surface area contributed by atoms with E-state index in [1.54, 1.807) is 11.8 Å². The van der Waals surface area contributed by atoms with Crippen LogP contribution in [0.1, 0.15) is 43.5 Å². The number of hydrogen-bond acceptors (Lipinski definition) is 7. The summed E-state index contributed by atoms with van der Waals surface area (Å²) < 4.78 is 32.7. The molecule has 0 unspecified atom stereocenters. The van der Waals surface area contributed by atoms with Crippen molar-refractivity contribution in [2.24, 2.45) is 0 Å². The average molecular weight is 487 g/mol. The highest BCUT2D eigenvalue weighted by Gasteiger charge is 2.26. The van der Waals surface area contributed by atoms with Gasteiger partial charge in [0.05, 0.1) is 4.90 Å². The van der Waals surface area contributed by atoms with Crippen molar-refractivity contribution in [3.63, 3.8) is 0 Å². The molecule has 3 aromatic rings. The van der Waals surface area contributed by atoms with E-state index in [-0.39, 0.29) is 10.9 Å². The Balaban J connectivity index is 1.43. The second kappa shape index (κ2) is 10.1. The van der Waals surface area contributed by atoms with Crippen LogP contribution >= 0.6 is 11.8 Å². The van der Waals surface area contributed by atoms with Crippen LogP contribution in [0.2, 0.25) is 0 Å². The van der Waals surface area contributed by atoms with E-state index in [4.69, 9.17) is 4.42 Å². The topological polar surface area (TPSA) is 105 Å². The Morgan fingerprint density at radius 1 is 1.06 bits per heavy atom. The number of hydrogen-bond donors (Lipinski definition) is 1. The zero-order valence-corrected chi connectivity index (χ0v) is 20.2. The third kappa shape index (κ3) is 5.63. The maximum absolute atomic E-state index is 12.8. The van der Waals surface area contributed by atoms with Gasteiger partial charge in [0.15, 0.2) is 0 Å². The minimum atomic E-state index is -3.54. The fraction of sp³-hybridized carbons (Fsp3) is 0.348. The third-order valence-corrected chi connectivity index (χ3v) is 8.08. The molecule has 0 spiro atoms. The first-order chi connectivity index (χ1) is 15.8. The largest absolute Gasteiger partial charge is 0.403 e. The Hall–Kier alpha value is -2.69. The molecule has 174 valence electrons. The number of thioether (sulfide) groups is 1. The summed E-state index contributed by atoms with van der Waals surface area (Å²) in [5.74, 6) is -0.157. The van der Waals surface area contributed by atoms with Crippen LogP contribution in [0.3, 0.4) is 0 Å². The first-order valence-electron chi connectivity index (χ1n) is 10.8. The van der Waals surface area contributed by atoms with E-state index in [0.717, 1.165) is 29.7 Å². The van der Waals surface area contributed by atoms with Crippen molar-refractivity contribution in [3.05, 3.63) is 54.1 Å². The maximum atomic E-state index is 12.8. The van der Waals surface area contributed by atoms with E-state index >= 15 is 0 Å². The lowest BCUT2D eigenvalue weighted by Crippen LogP contribution is -2.35. The zero-order chi connectivity index (χ0) is 23.4. The van der Waals surface area contributed by atoms with Crippen molar-refractivity contribution in [2.45, 2.75) is 48.2 Å². The van der Waals surface area contributed by atoms with Gasteiger partial charge in [-0.2, -0.15) is 4.31 Å². The van der Waals surface area contributed by atoms with Crippen LogP contribution in [-0.4, -0.2) is 47.2 Å². The van der Waals surface area contributed by atoms with Crippen molar-refractivity contribution in [3.8, 4) is 11.5 Å². The highest BCUT2D eigenvalue weighted by atomic mass is 32.2. The summed E-state index contributed by atoms with van der Waals surface area (Å²) >= 11 is 1.73. The molecule has 0 saturated carbocycles. The van der Waals surface area contributed by atoms with Crippen molar-refractivity contribution in [1.29, 1.82) is 0 Å². The molecule has 0 radical (unpaired) electrons. The van der Waals surface area contributed by atoms with Gasteiger partial charge in [-0.3, -0.25) is 10.1 Å². The fourth-order valence-corrected chi connectivity index (χ4v) is 5.98. The Labute approximate surface area is 197 Å². The van der Waals surface area contributed by atoms with Crippen LogP contribution < -0.4 is 5.32 Å². The zero-order valence-electron chi connectivity index (χ0n) is 18.5. The molecule has 1 N–H and O–H groups in total. The molecule has 1 saturated heterocycles. The fourth-order valence-electron chi connectivity index (χ4n) is 3.57. The second-order valence-corrected chi connectivity index (χ2v) is 11.6. The summed E-state index contributed by atoms with van der Waals surface area (Å²) in [6, 6.07) is 13.6. The lowest BCUT2D eigenvalue weighted by molar-refractivity contribution is 0.102. The monoisotopic (exact) mass is 486 g/mol. The van der Waals surface area contributed by atoms with Gasteiger partial charge in [0, 0.05) is 34.4 Å². The van der Waals surface area contributed by atoms with Crippen LogP contribution in [0.4, 0.5) is 6.01 Å². The summed E-state index contributed by atoms with van der Waals surface area (Å²) in [6.07, 6.45) is 2.78. The number of amides is 1. The SMILES string of the molecule is CC(C)Sc1cccc(-c2nnc(NC(=O)c3ccc(S(=O)(=O)N4CCCCC4)cc3)o2)c1. The number of benzene rings is 2. The molecule has 1 amide bonds. The molecule has 1 aliphatic heterocycles. The van der Waals surface area contributed by atoms with Gasteiger partial charge in [-0.25, -0.2) is 8.42 Å². The standard InChI is InChI=1S/C23H26N4O4S2/c1-16(2)32-19-8-6-7-18(15-19)22-25-26-23(31-22)24-21(28)17-9-11-20(12-10-17)33(29,30)27-13-4-3-5-14-27/h6-12,15-16H,3-5,13-14H2,1-2H3,(H,24,26,28). The average Bonchev–Trinajstić information content (AvgIpc) is 3.28. The van der Waals surface area contributed by atoms with Crippen LogP contribution in [0.25, 0.3) is 11.5 Å². The van der Waals surface area contributed by atoms with Gasteiger partial charge in [0.25, 0.3) is 5.91 Å². The summed E-state index contributed by atoms with van der Waals surface area (Å²) in [4.78, 5) is 13.9. The molecule has 0 bridgehead atoms. The lowest BCUT2D eigenvalue weighted by Gasteiger charge is -2.25. The molecule has 10 heteroatoms. The van der Waals surface area contributed by atoms with Crippen LogP contribution in [0.5, 0.6) is 0 Å². The minimum absolute atomic E-state index is 0.0260. The number of piperidine rings is 1. The molecular weight excluding hydrogens is 460 g/mol. The van der Waals surface area contributed by atoms with E-state index in [9.17, 15) is 13.2 Å². The molecule has 0 atom stereocenters. The Morgan fingerprint density at radius 2 is 1.79 bits per heavy atom. The maximum Gasteiger partial charge on any atom is 0.322 e. The summed E-state index contributed by atoms with van der Waals surface area (Å²) in [5.41, 5.74) is 1.06. The Kier molecular flexibility index (Phi) is 7.16. The number of sulfonamides is 1. The van der Waals surface area contributed by atoms with Crippen molar-refractivity contribution in [2.75, 3.05) is 18.4 Å². The lowest BCUT2D eigenvalue weighted by atomic mass is 10.2. The molecule has 33 heavy (non-hydrogen) atoms. The molecule has 2 aromatic carbocycles. The molecule has 1 aromatic heterocycles. The molecule has 0 aliphatic carbocycles. The van der Waals surface area contributed by atoms with Crippen LogP contribution in [0.15, 0.2) is 62.7 Å². The number of rotatable bonds is 7. The van der Waals surface area contributed by atoms with E-state index in [1.807, 2.05) is 24.3 Å². The van der Waals surface area contributed by atoms with Gasteiger partial charge in [-0.1, -0.05) is 31.4 Å². The van der Waals surface area contributed by atoms with Crippen molar-refractivity contribution >= 4 is 33.7 Å². The molecular formula is C23H26N4O4S2. The van der Waals surface area contributed by atoms with Gasteiger partial charge in [-0.05, 0) is 55.3 Å². The van der Waals surface area contributed by atoms with Crippen molar-refractivity contribution in [1.82, 2.24) is 14.5 Å². The summed E-state index contributed by atoms with van der Waals surface area (Å²) in [6.45, 7) is 5.30. The van der Waals surface area contributed by atoms with Crippen LogP contribution in [-0.2, 0) is 10.0 Å². The summed E-state index contributed by atoms with van der Waals surface area (Å²) in [7, 11) is -3.54. The number of nitrogens with one attached hydrogen (secondary N) is 1. The predicted molar refractivity (Wildman–Crippen MR) is 128 cm³/mol. The first kappa shape index (κ1) is 23.5. The quantitative estimate of drug-likeness (QED) is 0.484. The number of anilines is 1. The highest BCUT2D eigenvalue weighted by molar-refractivity contribution is 7.99. The third-order valence-electron chi connectivity index (χ3n) is 5.17. The predicted octanol–water partition coefficient (Wildman–Crippen LogP) is 4.66. The van der Waals surface area contributed by atoms with Crippen LogP contribution in [0, 0.1) is 0 Å². The number of carbonyl (C=O) groups excluding carboxylic acids is 1. The highest BCUT2D eigenvalue weighted by Crippen LogP contribution is 2.28. The molecule has 8 nitrogen and oxygen atoms in total. The van der Waals surface area contributed by atoms with Gasteiger partial charge in [0.2, 0.25) is 15.9 Å².